The minimum absolute atomic E-state index is 0. The van der Waals surface area contributed by atoms with E-state index in [0.717, 1.165) is 40.9 Å². The van der Waals surface area contributed by atoms with E-state index in [9.17, 15) is 0 Å². The minimum Gasteiger partial charge on any atom is -0.491 e. The van der Waals surface area contributed by atoms with E-state index in [4.69, 9.17) is 19.2 Å². The van der Waals surface area contributed by atoms with E-state index in [2.05, 4.69) is 15.6 Å². The summed E-state index contributed by atoms with van der Waals surface area (Å²) in [6.45, 7) is 9.30. The quantitative estimate of drug-likeness (QED) is 0.177. The van der Waals surface area contributed by atoms with Gasteiger partial charge in [-0.3, -0.25) is 0 Å². The Morgan fingerprint density at radius 3 is 2.57 bits per heavy atom. The molecule has 7 nitrogen and oxygen atoms in total. The monoisotopic (exact) mass is 548 g/mol. The molecule has 0 spiro atoms. The number of nitrogens with zero attached hydrogens (tertiary/aromatic N) is 2. The predicted octanol–water partition coefficient (Wildman–Crippen LogP) is 4.47. The number of aromatic nitrogens is 1. The van der Waals surface area contributed by atoms with Gasteiger partial charge in [-0.1, -0.05) is 0 Å². The Balaban J connectivity index is 0.00000450. The average Bonchev–Trinajstić information content (AvgIpc) is 3.11. The number of nitrogens with one attached hydrogen (secondary N) is 2. The number of methoxy groups -OCH3 is 1. The van der Waals surface area contributed by atoms with Crippen LogP contribution in [0.4, 0.5) is 5.69 Å². The summed E-state index contributed by atoms with van der Waals surface area (Å²) >= 11 is 1.62. The first-order valence-corrected chi connectivity index (χ1v) is 10.7. The molecule has 0 aliphatic rings. The minimum atomic E-state index is 0. The second kappa shape index (κ2) is 15.4. The number of ether oxygens (including phenoxy) is 3. The van der Waals surface area contributed by atoms with Gasteiger partial charge in [0.15, 0.2) is 5.96 Å². The molecule has 0 bridgehead atoms. The summed E-state index contributed by atoms with van der Waals surface area (Å²) in [7, 11) is 1.67. The van der Waals surface area contributed by atoms with Crippen molar-refractivity contribution >= 4 is 47.0 Å². The summed E-state index contributed by atoms with van der Waals surface area (Å²) in [5, 5.41) is 6.73. The number of aryl methyl sites for hydroxylation is 1. The predicted molar refractivity (Wildman–Crippen MR) is 135 cm³/mol. The molecule has 1 aromatic heterocycles. The van der Waals surface area contributed by atoms with Crippen molar-refractivity contribution in [1.29, 1.82) is 0 Å². The van der Waals surface area contributed by atoms with Gasteiger partial charge in [0.2, 0.25) is 0 Å². The number of anilines is 1. The van der Waals surface area contributed by atoms with Crippen molar-refractivity contribution in [2.24, 2.45) is 4.99 Å². The maximum atomic E-state index is 5.70. The summed E-state index contributed by atoms with van der Waals surface area (Å²) in [5.41, 5.74) is 3.83. The Labute approximate surface area is 200 Å². The third-order valence-corrected chi connectivity index (χ3v) is 4.82. The fourth-order valence-electron chi connectivity index (χ4n) is 2.42. The second-order valence-electron chi connectivity index (χ2n) is 6.73. The summed E-state index contributed by atoms with van der Waals surface area (Å²) in [6, 6.07) is 7.88. The van der Waals surface area contributed by atoms with Gasteiger partial charge in [0.1, 0.15) is 5.75 Å². The van der Waals surface area contributed by atoms with Crippen LogP contribution >= 0.6 is 35.3 Å². The fraction of sp³-hybridized carbons (Fsp3) is 0.524. The van der Waals surface area contributed by atoms with Gasteiger partial charge in [0.05, 0.1) is 37.1 Å². The molecular formula is C21H33IN4O3S. The van der Waals surface area contributed by atoms with E-state index in [0.29, 0.717) is 26.4 Å². The number of aliphatic imine (C=N–C) groups is 1. The van der Waals surface area contributed by atoms with Crippen molar-refractivity contribution in [3.63, 3.8) is 0 Å². The van der Waals surface area contributed by atoms with Gasteiger partial charge in [0, 0.05) is 30.8 Å². The van der Waals surface area contributed by atoms with Gasteiger partial charge in [-0.05, 0) is 51.5 Å². The summed E-state index contributed by atoms with van der Waals surface area (Å²) < 4.78 is 16.2. The third-order valence-electron chi connectivity index (χ3n) is 3.90. The highest BCUT2D eigenvalue weighted by atomic mass is 127. The van der Waals surface area contributed by atoms with Crippen LogP contribution in [0, 0.1) is 6.92 Å². The highest BCUT2D eigenvalue weighted by Gasteiger charge is 2.05. The number of rotatable bonds is 12. The lowest BCUT2D eigenvalue weighted by molar-refractivity contribution is 0.0699. The maximum absolute atomic E-state index is 5.70. The molecule has 2 aromatic rings. The molecule has 2 rings (SSSR count). The molecule has 30 heavy (non-hydrogen) atoms. The molecule has 0 unspecified atom stereocenters. The second-order valence-corrected chi connectivity index (χ2v) is 7.67. The molecule has 0 radical (unpaired) electrons. The van der Waals surface area contributed by atoms with E-state index in [1.165, 1.54) is 0 Å². The number of thiazole rings is 1. The van der Waals surface area contributed by atoms with Crippen molar-refractivity contribution < 1.29 is 14.2 Å². The maximum Gasteiger partial charge on any atom is 0.196 e. The van der Waals surface area contributed by atoms with E-state index in [1.807, 2.05) is 50.5 Å². The van der Waals surface area contributed by atoms with E-state index in [-0.39, 0.29) is 30.1 Å². The van der Waals surface area contributed by atoms with Crippen LogP contribution in [0.15, 0.2) is 34.8 Å². The zero-order chi connectivity index (χ0) is 20.9. The lowest BCUT2D eigenvalue weighted by Gasteiger charge is -2.14. The van der Waals surface area contributed by atoms with Crippen LogP contribution in [-0.2, 0) is 16.0 Å². The fourth-order valence-corrected chi connectivity index (χ4v) is 3.12. The Hall–Kier alpha value is -1.43. The van der Waals surface area contributed by atoms with Crippen molar-refractivity contribution in [2.75, 3.05) is 38.8 Å². The standard InChI is InChI=1S/C21H32N4O3S.HI/c1-16(2)28-19-8-6-18(7-9-19)25-21(22-10-5-11-27-13-12-26-4)23-14-20-17(3)24-15-29-20;/h6-9,15-16H,5,10-14H2,1-4H3,(H2,22,23,25);1H. The molecule has 0 amide bonds. The van der Waals surface area contributed by atoms with Gasteiger partial charge >= 0.3 is 0 Å². The Bertz CT molecular complexity index is 738. The first-order valence-electron chi connectivity index (χ1n) is 9.86. The average molecular weight is 548 g/mol. The first-order chi connectivity index (χ1) is 14.1. The molecule has 0 saturated carbocycles. The first kappa shape index (κ1) is 26.6. The molecule has 0 saturated heterocycles. The Morgan fingerprint density at radius 1 is 1.17 bits per heavy atom. The number of hydrogen-bond acceptors (Lipinski definition) is 6. The molecular weight excluding hydrogens is 515 g/mol. The smallest absolute Gasteiger partial charge is 0.196 e. The molecule has 1 heterocycles. The van der Waals surface area contributed by atoms with Crippen LogP contribution in [0.25, 0.3) is 0 Å². The summed E-state index contributed by atoms with van der Waals surface area (Å²) in [6.07, 6.45) is 1.03. The molecule has 9 heteroatoms. The lowest BCUT2D eigenvalue weighted by Crippen LogP contribution is -2.32. The van der Waals surface area contributed by atoms with Gasteiger partial charge in [0.25, 0.3) is 0 Å². The van der Waals surface area contributed by atoms with Crippen LogP contribution in [-0.4, -0.2) is 50.5 Å². The van der Waals surface area contributed by atoms with E-state index < -0.39 is 0 Å². The number of hydrogen-bond donors (Lipinski definition) is 2. The Kier molecular flexibility index (Phi) is 13.6. The van der Waals surface area contributed by atoms with Crippen molar-refractivity contribution in [2.45, 2.75) is 39.8 Å². The van der Waals surface area contributed by atoms with Crippen LogP contribution in [0.3, 0.4) is 0 Å². The molecule has 0 fully saturated rings. The topological polar surface area (TPSA) is 77.0 Å². The highest BCUT2D eigenvalue weighted by molar-refractivity contribution is 14.0. The van der Waals surface area contributed by atoms with Crippen LogP contribution in [0.2, 0.25) is 0 Å². The number of guanidine groups is 1. The normalized spacial score (nSPS) is 11.3. The third kappa shape index (κ3) is 10.6. The summed E-state index contributed by atoms with van der Waals surface area (Å²) in [5.74, 6) is 1.58. The number of benzene rings is 1. The SMILES string of the molecule is COCCOCCCNC(=NCc1scnc1C)Nc1ccc(OC(C)C)cc1.I. The van der Waals surface area contributed by atoms with Gasteiger partial charge < -0.3 is 24.8 Å². The zero-order valence-electron chi connectivity index (χ0n) is 18.1. The molecule has 168 valence electrons. The van der Waals surface area contributed by atoms with Gasteiger partial charge in [-0.15, -0.1) is 35.3 Å². The molecule has 1 aromatic carbocycles. The zero-order valence-corrected chi connectivity index (χ0v) is 21.3. The van der Waals surface area contributed by atoms with E-state index >= 15 is 0 Å². The lowest BCUT2D eigenvalue weighted by atomic mass is 10.3. The summed E-state index contributed by atoms with van der Waals surface area (Å²) in [4.78, 5) is 10.2. The van der Waals surface area contributed by atoms with Crippen LogP contribution < -0.4 is 15.4 Å². The molecule has 0 aliphatic heterocycles. The van der Waals surface area contributed by atoms with Crippen LogP contribution in [0.1, 0.15) is 30.8 Å². The van der Waals surface area contributed by atoms with Crippen molar-refractivity contribution in [3.8, 4) is 5.75 Å². The van der Waals surface area contributed by atoms with Crippen molar-refractivity contribution in [3.05, 3.63) is 40.3 Å². The largest absolute Gasteiger partial charge is 0.491 e. The highest BCUT2D eigenvalue weighted by Crippen LogP contribution is 2.17. The molecule has 0 aliphatic carbocycles. The molecule has 0 atom stereocenters. The number of halogens is 1. The molecule has 2 N–H and O–H groups in total. The van der Waals surface area contributed by atoms with Gasteiger partial charge in [-0.25, -0.2) is 9.98 Å². The van der Waals surface area contributed by atoms with Crippen molar-refractivity contribution in [1.82, 2.24) is 10.3 Å². The van der Waals surface area contributed by atoms with Crippen LogP contribution in [0.5, 0.6) is 5.75 Å². The van der Waals surface area contributed by atoms with Gasteiger partial charge in [-0.2, -0.15) is 0 Å². The Morgan fingerprint density at radius 2 is 1.93 bits per heavy atom. The van der Waals surface area contributed by atoms with E-state index in [1.54, 1.807) is 18.4 Å².